The Morgan fingerprint density at radius 3 is 2.62 bits per heavy atom. The monoisotopic (exact) mass is 221 g/mol. The molecule has 16 heavy (non-hydrogen) atoms. The van der Waals surface area contributed by atoms with Crippen molar-refractivity contribution in [1.82, 2.24) is 5.32 Å². The predicted octanol–water partition coefficient (Wildman–Crippen LogP) is 4.23. The molecule has 0 aliphatic carbocycles. The Morgan fingerprint density at radius 2 is 2.06 bits per heavy atom. The Morgan fingerprint density at radius 1 is 1.31 bits per heavy atom. The summed E-state index contributed by atoms with van der Waals surface area (Å²) in [5.41, 5.74) is 1.52. The van der Waals surface area contributed by atoms with E-state index in [4.69, 9.17) is 0 Å². The fourth-order valence-electron chi connectivity index (χ4n) is 1.41. The first-order valence-electron chi connectivity index (χ1n) is 6.37. The fourth-order valence-corrected chi connectivity index (χ4v) is 1.41. The van der Waals surface area contributed by atoms with Crippen molar-refractivity contribution in [3.63, 3.8) is 0 Å². The zero-order valence-corrected chi connectivity index (χ0v) is 11.3. The Bertz CT molecular complexity index is 236. The van der Waals surface area contributed by atoms with Gasteiger partial charge in [0.2, 0.25) is 0 Å². The average molecular weight is 221 g/mol. The molecule has 0 saturated carbocycles. The fraction of sp³-hybridized carbons (Fsp3) is 0.600. The Labute approximate surface area is 101 Å². The SMILES string of the molecule is C/C=C\C/C(=C\C=C/CC)CCC(C)NC. The summed E-state index contributed by atoms with van der Waals surface area (Å²) in [6, 6.07) is 0.601. The lowest BCUT2D eigenvalue weighted by molar-refractivity contribution is 0.561. The minimum Gasteiger partial charge on any atom is -0.317 e. The predicted molar refractivity (Wildman–Crippen MR) is 74.7 cm³/mol. The standard InChI is InChI=1S/C15H27N/c1-5-7-9-11-15(10-8-6-2)13-12-14(3)16-4/h6-9,11,14,16H,5,10,12-13H2,1-4H3/b8-6-,9-7-,15-11+. The van der Waals surface area contributed by atoms with Gasteiger partial charge in [-0.1, -0.05) is 42.9 Å². The third-order valence-corrected chi connectivity index (χ3v) is 2.71. The van der Waals surface area contributed by atoms with Gasteiger partial charge in [-0.05, 0) is 46.6 Å². The lowest BCUT2D eigenvalue weighted by Gasteiger charge is -2.10. The van der Waals surface area contributed by atoms with Gasteiger partial charge in [0.25, 0.3) is 0 Å². The zero-order valence-electron chi connectivity index (χ0n) is 11.3. The third kappa shape index (κ3) is 8.49. The van der Waals surface area contributed by atoms with Crippen molar-refractivity contribution in [1.29, 1.82) is 0 Å². The molecule has 0 aliphatic rings. The van der Waals surface area contributed by atoms with Gasteiger partial charge in [-0.2, -0.15) is 0 Å². The van der Waals surface area contributed by atoms with E-state index in [1.165, 1.54) is 18.4 Å². The van der Waals surface area contributed by atoms with Crippen LogP contribution in [0.15, 0.2) is 36.0 Å². The van der Waals surface area contributed by atoms with Crippen molar-refractivity contribution in [2.45, 2.75) is 52.5 Å². The first-order chi connectivity index (χ1) is 7.74. The van der Waals surface area contributed by atoms with E-state index in [0.29, 0.717) is 6.04 Å². The van der Waals surface area contributed by atoms with Gasteiger partial charge in [-0.15, -0.1) is 0 Å². The Kier molecular flexibility index (Phi) is 10.1. The van der Waals surface area contributed by atoms with Crippen molar-refractivity contribution in [3.05, 3.63) is 36.0 Å². The summed E-state index contributed by atoms with van der Waals surface area (Å²) in [5.74, 6) is 0. The maximum atomic E-state index is 3.28. The molecule has 0 saturated heterocycles. The van der Waals surface area contributed by atoms with Gasteiger partial charge in [0.05, 0.1) is 0 Å². The van der Waals surface area contributed by atoms with Crippen molar-refractivity contribution >= 4 is 0 Å². The zero-order chi connectivity index (χ0) is 12.2. The Hall–Kier alpha value is -0.820. The quantitative estimate of drug-likeness (QED) is 0.477. The molecule has 0 amide bonds. The van der Waals surface area contributed by atoms with Crippen LogP contribution in [0.1, 0.15) is 46.5 Å². The normalized spacial score (nSPS) is 15.1. The van der Waals surface area contributed by atoms with Gasteiger partial charge in [0.15, 0.2) is 0 Å². The molecule has 0 aromatic rings. The average Bonchev–Trinajstić information content (AvgIpc) is 2.31. The lowest BCUT2D eigenvalue weighted by atomic mass is 10.0. The van der Waals surface area contributed by atoms with Gasteiger partial charge >= 0.3 is 0 Å². The van der Waals surface area contributed by atoms with Crippen molar-refractivity contribution in [2.24, 2.45) is 0 Å². The summed E-state index contributed by atoms with van der Waals surface area (Å²) in [7, 11) is 2.02. The topological polar surface area (TPSA) is 12.0 Å². The molecular weight excluding hydrogens is 194 g/mol. The molecule has 0 bridgehead atoms. The molecule has 1 heteroatoms. The number of nitrogens with one attached hydrogen (secondary N) is 1. The highest BCUT2D eigenvalue weighted by molar-refractivity contribution is 5.15. The minimum atomic E-state index is 0.601. The van der Waals surface area contributed by atoms with Crippen molar-refractivity contribution < 1.29 is 0 Å². The van der Waals surface area contributed by atoms with E-state index in [2.05, 4.69) is 56.5 Å². The second-order valence-corrected chi connectivity index (χ2v) is 4.16. The molecule has 0 aliphatic heterocycles. The first-order valence-corrected chi connectivity index (χ1v) is 6.37. The molecule has 1 unspecified atom stereocenters. The van der Waals surface area contributed by atoms with E-state index in [1.807, 2.05) is 7.05 Å². The summed E-state index contributed by atoms with van der Waals surface area (Å²) in [4.78, 5) is 0. The highest BCUT2D eigenvalue weighted by Crippen LogP contribution is 2.13. The summed E-state index contributed by atoms with van der Waals surface area (Å²) >= 11 is 0. The molecule has 1 nitrogen and oxygen atoms in total. The van der Waals surface area contributed by atoms with Crippen LogP contribution in [0.25, 0.3) is 0 Å². The summed E-state index contributed by atoms with van der Waals surface area (Å²) in [6.07, 6.45) is 15.6. The van der Waals surface area contributed by atoms with Gasteiger partial charge < -0.3 is 5.32 Å². The first kappa shape index (κ1) is 15.2. The van der Waals surface area contributed by atoms with Crippen LogP contribution in [-0.4, -0.2) is 13.1 Å². The van der Waals surface area contributed by atoms with Crippen molar-refractivity contribution in [3.8, 4) is 0 Å². The summed E-state index contributed by atoms with van der Waals surface area (Å²) in [5, 5.41) is 3.28. The molecule has 0 heterocycles. The van der Waals surface area contributed by atoms with E-state index >= 15 is 0 Å². The number of rotatable bonds is 8. The molecule has 0 radical (unpaired) electrons. The van der Waals surface area contributed by atoms with E-state index in [-0.39, 0.29) is 0 Å². The van der Waals surface area contributed by atoms with Crippen LogP contribution in [0.2, 0.25) is 0 Å². The van der Waals surface area contributed by atoms with Crippen LogP contribution >= 0.6 is 0 Å². The number of hydrogen-bond donors (Lipinski definition) is 1. The van der Waals surface area contributed by atoms with Gasteiger partial charge in [0, 0.05) is 6.04 Å². The number of hydrogen-bond acceptors (Lipinski definition) is 1. The molecule has 0 aromatic heterocycles. The van der Waals surface area contributed by atoms with Crippen molar-refractivity contribution in [2.75, 3.05) is 7.05 Å². The van der Waals surface area contributed by atoms with E-state index in [1.54, 1.807) is 0 Å². The highest BCUT2D eigenvalue weighted by atomic mass is 14.8. The van der Waals surface area contributed by atoms with E-state index in [9.17, 15) is 0 Å². The summed E-state index contributed by atoms with van der Waals surface area (Å²) in [6.45, 7) is 6.48. The molecule has 0 rings (SSSR count). The Balaban J connectivity index is 4.19. The highest BCUT2D eigenvalue weighted by Gasteiger charge is 2.00. The van der Waals surface area contributed by atoms with Crippen LogP contribution in [0, 0.1) is 0 Å². The third-order valence-electron chi connectivity index (χ3n) is 2.71. The second kappa shape index (κ2) is 10.7. The molecule has 0 fully saturated rings. The maximum Gasteiger partial charge on any atom is 0.00387 e. The second-order valence-electron chi connectivity index (χ2n) is 4.16. The smallest absolute Gasteiger partial charge is 0.00387 e. The molecule has 92 valence electrons. The van der Waals surface area contributed by atoms with Crippen LogP contribution in [-0.2, 0) is 0 Å². The van der Waals surface area contributed by atoms with E-state index < -0.39 is 0 Å². The van der Waals surface area contributed by atoms with Gasteiger partial charge in [-0.25, -0.2) is 0 Å². The molecular formula is C15H27N. The van der Waals surface area contributed by atoms with Crippen LogP contribution in [0.5, 0.6) is 0 Å². The largest absolute Gasteiger partial charge is 0.317 e. The van der Waals surface area contributed by atoms with Crippen LogP contribution in [0.3, 0.4) is 0 Å². The summed E-state index contributed by atoms with van der Waals surface area (Å²) < 4.78 is 0. The lowest BCUT2D eigenvalue weighted by Crippen LogP contribution is -2.20. The molecule has 1 N–H and O–H groups in total. The van der Waals surface area contributed by atoms with E-state index in [0.717, 1.165) is 12.8 Å². The van der Waals surface area contributed by atoms with Crippen LogP contribution < -0.4 is 5.32 Å². The van der Waals surface area contributed by atoms with Gasteiger partial charge in [-0.3, -0.25) is 0 Å². The number of allylic oxidation sites excluding steroid dienone is 6. The molecule has 0 aromatic carbocycles. The molecule has 1 atom stereocenters. The van der Waals surface area contributed by atoms with Crippen LogP contribution in [0.4, 0.5) is 0 Å². The maximum absolute atomic E-state index is 3.28. The minimum absolute atomic E-state index is 0.601. The molecule has 0 spiro atoms. The van der Waals surface area contributed by atoms with Gasteiger partial charge in [0.1, 0.15) is 0 Å².